The molecule has 2 rings (SSSR count). The summed E-state index contributed by atoms with van der Waals surface area (Å²) in [6, 6.07) is 13.9. The van der Waals surface area contributed by atoms with Crippen molar-refractivity contribution in [2.45, 2.75) is 6.54 Å². The van der Waals surface area contributed by atoms with Gasteiger partial charge in [0.1, 0.15) is 12.4 Å². The van der Waals surface area contributed by atoms with Crippen molar-refractivity contribution in [1.82, 2.24) is 15.2 Å². The third-order valence-corrected chi connectivity index (χ3v) is 2.97. The molecule has 0 saturated carbocycles. The summed E-state index contributed by atoms with van der Waals surface area (Å²) in [5.41, 5.74) is 1.19. The van der Waals surface area contributed by atoms with E-state index >= 15 is 0 Å². The van der Waals surface area contributed by atoms with Crippen LogP contribution in [0.4, 0.5) is 0 Å². The van der Waals surface area contributed by atoms with Gasteiger partial charge in [-0.15, -0.1) is 24.0 Å². The van der Waals surface area contributed by atoms with Crippen molar-refractivity contribution >= 4 is 29.9 Å². The molecule has 0 aliphatic heterocycles. The molecule has 0 radical (unpaired) electrons. The van der Waals surface area contributed by atoms with Crippen LogP contribution in [0.25, 0.3) is 0 Å². The van der Waals surface area contributed by atoms with Crippen LogP contribution in [0.5, 0.6) is 5.75 Å². The summed E-state index contributed by atoms with van der Waals surface area (Å²) < 4.78 is 5.60. The summed E-state index contributed by atoms with van der Waals surface area (Å²) in [6.07, 6.45) is 3.43. The molecule has 0 amide bonds. The van der Waals surface area contributed by atoms with Gasteiger partial charge in [-0.25, -0.2) is 4.99 Å². The van der Waals surface area contributed by atoms with Gasteiger partial charge in [0.05, 0.1) is 19.3 Å². The van der Waals surface area contributed by atoms with Gasteiger partial charge in [0.15, 0.2) is 5.96 Å². The number of pyridine rings is 1. The van der Waals surface area contributed by atoms with E-state index in [1.165, 1.54) is 5.56 Å². The molecule has 2 aromatic rings. The number of aliphatic imine (C=N–C) groups is 1. The first-order valence-electron chi connectivity index (χ1n) is 7.28. The van der Waals surface area contributed by atoms with Crippen LogP contribution < -0.4 is 10.1 Å². The lowest BCUT2D eigenvalue weighted by atomic mass is 10.2. The second kappa shape index (κ2) is 10.8. The summed E-state index contributed by atoms with van der Waals surface area (Å²) >= 11 is 0. The Hall–Kier alpha value is -1.83. The molecule has 0 spiro atoms. The molecule has 1 N–H and O–H groups in total. The smallest absolute Gasteiger partial charge is 0.193 e. The SMILES string of the molecule is CN(C)C(=NCc1ccccc1)NCCOc1cccnc1.I. The highest BCUT2D eigenvalue weighted by Crippen LogP contribution is 2.05. The molecule has 0 aliphatic carbocycles. The number of nitrogens with zero attached hydrogens (tertiary/aromatic N) is 3. The van der Waals surface area contributed by atoms with Gasteiger partial charge in [-0.05, 0) is 17.7 Å². The van der Waals surface area contributed by atoms with Crippen LogP contribution >= 0.6 is 24.0 Å². The van der Waals surface area contributed by atoms with Gasteiger partial charge in [0.2, 0.25) is 0 Å². The summed E-state index contributed by atoms with van der Waals surface area (Å²) in [5, 5.41) is 3.29. The van der Waals surface area contributed by atoms with E-state index in [1.807, 2.05) is 49.3 Å². The fourth-order valence-electron chi connectivity index (χ4n) is 1.87. The Labute approximate surface area is 154 Å². The van der Waals surface area contributed by atoms with E-state index in [0.717, 1.165) is 11.7 Å². The largest absolute Gasteiger partial charge is 0.490 e. The molecule has 1 aromatic heterocycles. The maximum Gasteiger partial charge on any atom is 0.193 e. The van der Waals surface area contributed by atoms with Crippen LogP contribution in [0.3, 0.4) is 0 Å². The Kier molecular flexibility index (Phi) is 9.04. The van der Waals surface area contributed by atoms with Gasteiger partial charge in [-0.2, -0.15) is 0 Å². The van der Waals surface area contributed by atoms with E-state index in [1.54, 1.807) is 12.4 Å². The third kappa shape index (κ3) is 7.32. The monoisotopic (exact) mass is 426 g/mol. The molecule has 0 aliphatic rings. The topological polar surface area (TPSA) is 49.8 Å². The molecule has 6 heteroatoms. The van der Waals surface area contributed by atoms with Gasteiger partial charge < -0.3 is 15.0 Å². The fourth-order valence-corrected chi connectivity index (χ4v) is 1.87. The highest BCUT2D eigenvalue weighted by molar-refractivity contribution is 14.0. The van der Waals surface area contributed by atoms with E-state index in [-0.39, 0.29) is 24.0 Å². The number of halogens is 1. The third-order valence-electron chi connectivity index (χ3n) is 2.97. The first-order valence-corrected chi connectivity index (χ1v) is 7.28. The number of rotatable bonds is 6. The number of guanidine groups is 1. The van der Waals surface area contributed by atoms with Crippen molar-refractivity contribution in [3.8, 4) is 5.75 Å². The molecule has 1 heterocycles. The number of ether oxygens (including phenoxy) is 1. The van der Waals surface area contributed by atoms with Crippen LogP contribution in [-0.2, 0) is 6.54 Å². The number of aromatic nitrogens is 1. The Morgan fingerprint density at radius 1 is 1.17 bits per heavy atom. The van der Waals surface area contributed by atoms with Gasteiger partial charge in [-0.1, -0.05) is 30.3 Å². The lowest BCUT2D eigenvalue weighted by Gasteiger charge is -2.17. The normalized spacial score (nSPS) is 10.6. The van der Waals surface area contributed by atoms with Gasteiger partial charge in [-0.3, -0.25) is 4.98 Å². The fraction of sp³-hybridized carbons (Fsp3) is 0.294. The number of nitrogens with one attached hydrogen (secondary N) is 1. The molecule has 124 valence electrons. The first-order chi connectivity index (χ1) is 10.8. The summed E-state index contributed by atoms with van der Waals surface area (Å²) in [6.45, 7) is 1.90. The lowest BCUT2D eigenvalue weighted by molar-refractivity contribution is 0.319. The van der Waals surface area contributed by atoms with Gasteiger partial charge in [0, 0.05) is 20.3 Å². The lowest BCUT2D eigenvalue weighted by Crippen LogP contribution is -2.38. The molecule has 0 bridgehead atoms. The number of benzene rings is 1. The van der Waals surface area contributed by atoms with Crippen LogP contribution in [0.1, 0.15) is 5.56 Å². The average molecular weight is 426 g/mol. The molecule has 0 unspecified atom stereocenters. The zero-order chi connectivity index (χ0) is 15.6. The van der Waals surface area contributed by atoms with Crippen molar-refractivity contribution in [2.24, 2.45) is 4.99 Å². The maximum absolute atomic E-state index is 5.60. The quantitative estimate of drug-likeness (QED) is 0.334. The number of hydrogen-bond acceptors (Lipinski definition) is 3. The molecule has 23 heavy (non-hydrogen) atoms. The molecule has 0 fully saturated rings. The minimum atomic E-state index is 0. The average Bonchev–Trinajstić information content (AvgIpc) is 2.55. The molecule has 0 atom stereocenters. The Bertz CT molecular complexity index is 576. The van der Waals surface area contributed by atoms with Crippen LogP contribution in [0.15, 0.2) is 59.9 Å². The Morgan fingerprint density at radius 3 is 2.61 bits per heavy atom. The predicted molar refractivity (Wildman–Crippen MR) is 104 cm³/mol. The molecular formula is C17H23IN4O. The van der Waals surface area contributed by atoms with Gasteiger partial charge in [0.25, 0.3) is 0 Å². The summed E-state index contributed by atoms with van der Waals surface area (Å²) in [7, 11) is 3.94. The van der Waals surface area contributed by atoms with E-state index < -0.39 is 0 Å². The van der Waals surface area contributed by atoms with Crippen molar-refractivity contribution in [3.05, 3.63) is 60.4 Å². The zero-order valence-electron chi connectivity index (χ0n) is 13.5. The highest BCUT2D eigenvalue weighted by Gasteiger charge is 2.01. The summed E-state index contributed by atoms with van der Waals surface area (Å²) in [5.74, 6) is 1.62. The highest BCUT2D eigenvalue weighted by atomic mass is 127. The van der Waals surface area contributed by atoms with Crippen molar-refractivity contribution in [1.29, 1.82) is 0 Å². The zero-order valence-corrected chi connectivity index (χ0v) is 15.8. The molecule has 0 saturated heterocycles. The van der Waals surface area contributed by atoms with E-state index in [2.05, 4.69) is 27.4 Å². The Morgan fingerprint density at radius 2 is 1.96 bits per heavy atom. The predicted octanol–water partition coefficient (Wildman–Crippen LogP) is 2.79. The van der Waals surface area contributed by atoms with Gasteiger partial charge >= 0.3 is 0 Å². The van der Waals surface area contributed by atoms with E-state index in [9.17, 15) is 0 Å². The van der Waals surface area contributed by atoms with Crippen LogP contribution in [0, 0.1) is 0 Å². The second-order valence-corrected chi connectivity index (χ2v) is 4.98. The number of hydrogen-bond donors (Lipinski definition) is 1. The van der Waals surface area contributed by atoms with Crippen molar-refractivity contribution < 1.29 is 4.74 Å². The van der Waals surface area contributed by atoms with Crippen molar-refractivity contribution in [2.75, 3.05) is 27.2 Å². The van der Waals surface area contributed by atoms with E-state index in [4.69, 9.17) is 4.74 Å². The molecule has 5 nitrogen and oxygen atoms in total. The minimum Gasteiger partial charge on any atom is -0.490 e. The van der Waals surface area contributed by atoms with Crippen LogP contribution in [-0.4, -0.2) is 43.1 Å². The molecule has 1 aromatic carbocycles. The summed E-state index contributed by atoms with van der Waals surface area (Å²) in [4.78, 5) is 10.6. The standard InChI is InChI=1S/C17H22N4O.HI/c1-21(2)17(20-13-15-7-4-3-5-8-15)19-11-12-22-16-9-6-10-18-14-16;/h3-10,14H,11-13H2,1-2H3,(H,19,20);1H. The maximum atomic E-state index is 5.60. The van der Waals surface area contributed by atoms with Crippen LogP contribution in [0.2, 0.25) is 0 Å². The van der Waals surface area contributed by atoms with Crippen molar-refractivity contribution in [3.63, 3.8) is 0 Å². The first kappa shape index (κ1) is 19.2. The minimum absolute atomic E-state index is 0. The molecular weight excluding hydrogens is 403 g/mol. The Balaban J connectivity index is 0.00000264. The van der Waals surface area contributed by atoms with E-state index in [0.29, 0.717) is 19.7 Å². The second-order valence-electron chi connectivity index (χ2n) is 4.98.